The van der Waals surface area contributed by atoms with Crippen molar-refractivity contribution in [2.24, 2.45) is 5.73 Å². The Bertz CT molecular complexity index is 745. The molecule has 3 rings (SSSR count). The molecule has 2 aromatic rings. The number of hydrogen-bond acceptors (Lipinski definition) is 5. The zero-order valence-electron chi connectivity index (χ0n) is 12.1. The van der Waals surface area contributed by atoms with Crippen molar-refractivity contribution in [2.45, 2.75) is 12.1 Å². The summed E-state index contributed by atoms with van der Waals surface area (Å²) in [5.74, 6) is -1.41. The largest absolute Gasteiger partial charge is 0.480 e. The minimum absolute atomic E-state index is 0.376. The predicted octanol–water partition coefficient (Wildman–Crippen LogP) is 0.559. The molecular weight excluding hydrogens is 296 g/mol. The second kappa shape index (κ2) is 6.17. The molecule has 6 N–H and O–H groups in total. The molecule has 2 unspecified atom stereocenters. The molecule has 2 atom stereocenters. The predicted molar refractivity (Wildman–Crippen MR) is 84.0 cm³/mol. The Morgan fingerprint density at radius 3 is 2.39 bits per heavy atom. The van der Waals surface area contributed by atoms with Gasteiger partial charge in [0.05, 0.1) is 6.04 Å². The van der Waals surface area contributed by atoms with Gasteiger partial charge in [-0.15, -0.1) is 0 Å². The van der Waals surface area contributed by atoms with Gasteiger partial charge in [0.1, 0.15) is 6.04 Å². The lowest BCUT2D eigenvalue weighted by atomic mass is 9.97. The third-order valence-corrected chi connectivity index (χ3v) is 3.80. The van der Waals surface area contributed by atoms with E-state index in [1.807, 2.05) is 30.3 Å². The maximum absolute atomic E-state index is 11.3. The lowest BCUT2D eigenvalue weighted by molar-refractivity contribution is -0.139. The van der Waals surface area contributed by atoms with Crippen molar-refractivity contribution < 1.29 is 14.7 Å². The Morgan fingerprint density at radius 1 is 1.00 bits per heavy atom. The number of carbonyl (C=O) groups excluding carboxylic acids is 1. The zero-order valence-corrected chi connectivity index (χ0v) is 12.1. The molecule has 0 saturated carbocycles. The number of carboxylic acid groups (broad SMARTS) is 1. The van der Waals surface area contributed by atoms with Gasteiger partial charge >= 0.3 is 5.97 Å². The van der Waals surface area contributed by atoms with Gasteiger partial charge < -0.3 is 10.8 Å². The zero-order chi connectivity index (χ0) is 16.4. The van der Waals surface area contributed by atoms with Crippen molar-refractivity contribution in [1.82, 2.24) is 16.4 Å². The number of carbonyl (C=O) groups is 2. The van der Waals surface area contributed by atoms with Gasteiger partial charge in [0.2, 0.25) is 5.91 Å². The first-order chi connectivity index (χ1) is 11.1. The molecule has 23 heavy (non-hydrogen) atoms. The van der Waals surface area contributed by atoms with E-state index >= 15 is 0 Å². The standard InChI is InChI=1S/C16H16N4O3/c17-15(21)12-3-1-2-11(8-12)9-4-6-10(7-5-9)13-14(16(22)23)19-20-18-13/h1-8,13-14,18-20H,(H2,17,21)(H,22,23). The lowest BCUT2D eigenvalue weighted by Crippen LogP contribution is -2.38. The third kappa shape index (κ3) is 3.07. The molecule has 0 aromatic heterocycles. The summed E-state index contributed by atoms with van der Waals surface area (Å²) >= 11 is 0. The molecule has 7 nitrogen and oxygen atoms in total. The Kier molecular flexibility index (Phi) is 4.07. The monoisotopic (exact) mass is 312 g/mol. The summed E-state index contributed by atoms with van der Waals surface area (Å²) in [5.41, 5.74) is 16.6. The van der Waals surface area contributed by atoms with E-state index in [2.05, 4.69) is 16.4 Å². The molecule has 1 aliphatic heterocycles. The fraction of sp³-hybridized carbons (Fsp3) is 0.125. The van der Waals surface area contributed by atoms with Gasteiger partial charge in [0, 0.05) is 5.56 Å². The summed E-state index contributed by atoms with van der Waals surface area (Å²) in [6.07, 6.45) is 0. The van der Waals surface area contributed by atoms with Crippen LogP contribution in [0.25, 0.3) is 11.1 Å². The first-order valence-electron chi connectivity index (χ1n) is 7.05. The number of carboxylic acids is 1. The summed E-state index contributed by atoms with van der Waals surface area (Å²) in [5, 5.41) is 9.17. The Balaban J connectivity index is 1.86. The van der Waals surface area contributed by atoms with Crippen molar-refractivity contribution in [3.8, 4) is 11.1 Å². The van der Waals surface area contributed by atoms with Crippen molar-refractivity contribution in [2.75, 3.05) is 0 Å². The highest BCUT2D eigenvalue weighted by molar-refractivity contribution is 5.94. The summed E-state index contributed by atoms with van der Waals surface area (Å²) < 4.78 is 0. The van der Waals surface area contributed by atoms with E-state index in [0.717, 1.165) is 16.7 Å². The van der Waals surface area contributed by atoms with Crippen LogP contribution in [0.4, 0.5) is 0 Å². The SMILES string of the molecule is NC(=O)c1cccc(-c2ccc(C3NNNC3C(=O)O)cc2)c1. The Hall–Kier alpha value is -2.74. The molecule has 1 heterocycles. The summed E-state index contributed by atoms with van der Waals surface area (Å²) in [4.78, 5) is 22.4. The molecule has 1 saturated heterocycles. The highest BCUT2D eigenvalue weighted by atomic mass is 16.4. The van der Waals surface area contributed by atoms with Crippen molar-refractivity contribution >= 4 is 11.9 Å². The van der Waals surface area contributed by atoms with Gasteiger partial charge in [0.15, 0.2) is 0 Å². The molecule has 0 bridgehead atoms. The van der Waals surface area contributed by atoms with E-state index in [4.69, 9.17) is 5.73 Å². The fourth-order valence-electron chi connectivity index (χ4n) is 2.58. The van der Waals surface area contributed by atoms with Gasteiger partial charge in [-0.1, -0.05) is 36.4 Å². The quantitative estimate of drug-likeness (QED) is 0.563. The number of aliphatic carboxylic acids is 1. The smallest absolute Gasteiger partial charge is 0.324 e. The van der Waals surface area contributed by atoms with Gasteiger partial charge in [-0.2, -0.15) is 5.53 Å². The van der Waals surface area contributed by atoms with Gasteiger partial charge in [-0.05, 0) is 28.8 Å². The molecule has 1 aliphatic rings. The average Bonchev–Trinajstić information content (AvgIpc) is 3.05. The molecule has 0 aliphatic carbocycles. The molecular formula is C16H16N4O3. The molecule has 0 radical (unpaired) electrons. The van der Waals surface area contributed by atoms with Crippen LogP contribution in [0, 0.1) is 0 Å². The third-order valence-electron chi connectivity index (χ3n) is 3.80. The van der Waals surface area contributed by atoms with Gasteiger partial charge in [-0.25, -0.2) is 10.9 Å². The first-order valence-corrected chi connectivity index (χ1v) is 7.05. The summed E-state index contributed by atoms with van der Waals surface area (Å²) in [6, 6.07) is 13.4. The molecule has 1 fully saturated rings. The number of nitrogens with two attached hydrogens (primary N) is 1. The van der Waals surface area contributed by atoms with E-state index < -0.39 is 17.9 Å². The summed E-state index contributed by atoms with van der Waals surface area (Å²) in [7, 11) is 0. The van der Waals surface area contributed by atoms with Crippen molar-refractivity contribution in [3.05, 3.63) is 59.7 Å². The Labute approximate surface area is 132 Å². The second-order valence-electron chi connectivity index (χ2n) is 5.27. The number of rotatable bonds is 4. The van der Waals surface area contributed by atoms with Crippen LogP contribution in [-0.4, -0.2) is 23.0 Å². The maximum atomic E-state index is 11.3. The van der Waals surface area contributed by atoms with Crippen molar-refractivity contribution in [1.29, 1.82) is 0 Å². The van der Waals surface area contributed by atoms with Crippen LogP contribution < -0.4 is 22.1 Å². The normalized spacial score (nSPS) is 20.3. The van der Waals surface area contributed by atoms with Crippen LogP contribution in [-0.2, 0) is 4.79 Å². The molecule has 118 valence electrons. The lowest BCUT2D eigenvalue weighted by Gasteiger charge is -2.15. The minimum Gasteiger partial charge on any atom is -0.480 e. The van der Waals surface area contributed by atoms with E-state index in [1.165, 1.54) is 0 Å². The number of hydrazine groups is 2. The van der Waals surface area contributed by atoms with Gasteiger partial charge in [-0.3, -0.25) is 9.59 Å². The fourth-order valence-corrected chi connectivity index (χ4v) is 2.58. The van der Waals surface area contributed by atoms with Crippen LogP contribution in [0.15, 0.2) is 48.5 Å². The van der Waals surface area contributed by atoms with Gasteiger partial charge in [0.25, 0.3) is 0 Å². The molecule has 7 heteroatoms. The number of primary amides is 1. The minimum atomic E-state index is -0.939. The molecule has 2 aromatic carbocycles. The topological polar surface area (TPSA) is 116 Å². The Morgan fingerprint density at radius 2 is 1.74 bits per heavy atom. The van der Waals surface area contributed by atoms with Crippen LogP contribution in [0.1, 0.15) is 22.0 Å². The maximum Gasteiger partial charge on any atom is 0.324 e. The van der Waals surface area contributed by atoms with E-state index in [0.29, 0.717) is 5.56 Å². The van der Waals surface area contributed by atoms with E-state index in [-0.39, 0.29) is 6.04 Å². The second-order valence-corrected chi connectivity index (χ2v) is 5.27. The van der Waals surface area contributed by atoms with Crippen LogP contribution in [0.5, 0.6) is 0 Å². The highest BCUT2D eigenvalue weighted by Gasteiger charge is 2.33. The van der Waals surface area contributed by atoms with Crippen molar-refractivity contribution in [3.63, 3.8) is 0 Å². The number of nitrogens with one attached hydrogen (secondary N) is 3. The number of benzene rings is 2. The van der Waals surface area contributed by atoms with Crippen LogP contribution in [0.3, 0.4) is 0 Å². The highest BCUT2D eigenvalue weighted by Crippen LogP contribution is 2.25. The van der Waals surface area contributed by atoms with Crippen LogP contribution >= 0.6 is 0 Å². The number of hydrogen-bond donors (Lipinski definition) is 5. The van der Waals surface area contributed by atoms with E-state index in [1.54, 1.807) is 18.2 Å². The first kappa shape index (κ1) is 15.2. The average molecular weight is 312 g/mol. The molecule has 0 spiro atoms. The summed E-state index contributed by atoms with van der Waals surface area (Å²) in [6.45, 7) is 0. The molecule has 1 amide bonds. The van der Waals surface area contributed by atoms with E-state index in [9.17, 15) is 14.7 Å². The number of amides is 1. The van der Waals surface area contributed by atoms with Crippen LogP contribution in [0.2, 0.25) is 0 Å².